The first-order chi connectivity index (χ1) is 7.42. The van der Waals surface area contributed by atoms with Crippen LogP contribution in [0.2, 0.25) is 0 Å². The van der Waals surface area contributed by atoms with Crippen LogP contribution in [0.3, 0.4) is 0 Å². The van der Waals surface area contributed by atoms with E-state index in [2.05, 4.69) is 60.8 Å². The van der Waals surface area contributed by atoms with Gasteiger partial charge < -0.3 is 0 Å². The Morgan fingerprint density at radius 3 is 2.47 bits per heavy atom. The average Bonchev–Trinajstić information content (AvgIpc) is 2.51. The van der Waals surface area contributed by atoms with Crippen LogP contribution in [-0.4, -0.2) is 0 Å². The van der Waals surface area contributed by atoms with Crippen molar-refractivity contribution in [3.63, 3.8) is 0 Å². The lowest BCUT2D eigenvalue weighted by Gasteiger charge is -2.08. The van der Waals surface area contributed by atoms with E-state index in [4.69, 9.17) is 0 Å². The molecule has 0 aliphatic heterocycles. The summed E-state index contributed by atoms with van der Waals surface area (Å²) in [5.41, 5.74) is 5.39. The Hall–Kier alpha value is -1.82. The molecule has 0 aromatic carbocycles. The van der Waals surface area contributed by atoms with Crippen LogP contribution in [-0.2, 0) is 0 Å². The van der Waals surface area contributed by atoms with Crippen LogP contribution in [0.5, 0.6) is 0 Å². The number of rotatable bonds is 0. The first-order valence-electron chi connectivity index (χ1n) is 5.27. The molecule has 0 heterocycles. The van der Waals surface area contributed by atoms with E-state index in [1.54, 1.807) is 0 Å². The quantitative estimate of drug-likeness (QED) is 0.547. The smallest absolute Gasteiger partial charge is 0.00256 e. The van der Waals surface area contributed by atoms with Crippen molar-refractivity contribution in [3.05, 3.63) is 83.1 Å². The zero-order valence-electron chi connectivity index (χ0n) is 8.48. The normalized spacial score (nSPS) is 21.9. The third-order valence-corrected chi connectivity index (χ3v) is 2.84. The van der Waals surface area contributed by atoms with Crippen LogP contribution in [0.25, 0.3) is 0 Å². The fourth-order valence-corrected chi connectivity index (χ4v) is 2.05. The fourth-order valence-electron chi connectivity index (χ4n) is 2.05. The van der Waals surface area contributed by atoms with Gasteiger partial charge in [-0.1, -0.05) is 60.8 Å². The van der Waals surface area contributed by atoms with Crippen molar-refractivity contribution >= 4 is 0 Å². The molecule has 0 atom stereocenters. The van der Waals surface area contributed by atoms with Crippen molar-refractivity contribution in [2.24, 2.45) is 0 Å². The molecule has 2 bridgehead atoms. The summed E-state index contributed by atoms with van der Waals surface area (Å²) >= 11 is 0. The van der Waals surface area contributed by atoms with Gasteiger partial charge in [-0.25, -0.2) is 0 Å². The minimum atomic E-state index is 1.04. The second-order valence-corrected chi connectivity index (χ2v) is 3.96. The van der Waals surface area contributed by atoms with Gasteiger partial charge >= 0.3 is 0 Å². The predicted molar refractivity (Wildman–Crippen MR) is 64.4 cm³/mol. The van der Waals surface area contributed by atoms with Crippen molar-refractivity contribution in [2.75, 3.05) is 0 Å². The predicted octanol–water partition coefficient (Wildman–Crippen LogP) is 3.79. The van der Waals surface area contributed by atoms with Gasteiger partial charge in [0, 0.05) is 0 Å². The fraction of sp³-hybridized carbons (Fsp3) is 0.0667. The van der Waals surface area contributed by atoms with Crippen molar-refractivity contribution < 1.29 is 0 Å². The summed E-state index contributed by atoms with van der Waals surface area (Å²) in [4.78, 5) is 0. The lowest BCUT2D eigenvalue weighted by molar-refractivity contribution is 1.20. The van der Waals surface area contributed by atoms with Gasteiger partial charge in [-0.05, 0) is 28.7 Å². The Bertz CT molecular complexity index is 500. The van der Waals surface area contributed by atoms with E-state index >= 15 is 0 Å². The van der Waals surface area contributed by atoms with Crippen LogP contribution in [0.15, 0.2) is 83.1 Å². The highest BCUT2D eigenvalue weighted by molar-refractivity contribution is 5.59. The molecule has 0 saturated heterocycles. The average molecular weight is 192 g/mol. The maximum atomic E-state index is 2.28. The molecule has 3 aliphatic carbocycles. The van der Waals surface area contributed by atoms with E-state index in [9.17, 15) is 0 Å². The maximum Gasteiger partial charge on any atom is -0.00256 e. The summed E-state index contributed by atoms with van der Waals surface area (Å²) in [6.07, 6.45) is 22.8. The number of fused-ring (bicyclic) bond motifs is 3. The zero-order valence-corrected chi connectivity index (χ0v) is 8.48. The summed E-state index contributed by atoms with van der Waals surface area (Å²) in [7, 11) is 0. The maximum absolute atomic E-state index is 2.28. The molecule has 0 saturated carbocycles. The first kappa shape index (κ1) is 8.49. The molecule has 0 fully saturated rings. The Labute approximate surface area is 90.0 Å². The van der Waals surface area contributed by atoms with Crippen molar-refractivity contribution in [1.82, 2.24) is 0 Å². The monoisotopic (exact) mass is 192 g/mol. The standard InChI is InChI=1S/C15H12/c1-2-5-13-10-12(4-1)8-9-14-6-3-7-15(14)11-13/h1-9,11H,10H2. The summed E-state index contributed by atoms with van der Waals surface area (Å²) < 4.78 is 0. The molecule has 15 heavy (non-hydrogen) atoms. The summed E-state index contributed by atoms with van der Waals surface area (Å²) in [5, 5.41) is 0. The van der Waals surface area contributed by atoms with Crippen molar-refractivity contribution in [1.29, 1.82) is 0 Å². The van der Waals surface area contributed by atoms with E-state index in [0.717, 1.165) is 6.42 Å². The van der Waals surface area contributed by atoms with Crippen LogP contribution in [0.1, 0.15) is 6.42 Å². The van der Waals surface area contributed by atoms with Crippen LogP contribution >= 0.6 is 0 Å². The van der Waals surface area contributed by atoms with Gasteiger partial charge in [-0.15, -0.1) is 0 Å². The lowest BCUT2D eigenvalue weighted by Crippen LogP contribution is -1.89. The van der Waals surface area contributed by atoms with E-state index in [1.165, 1.54) is 22.3 Å². The molecule has 0 N–H and O–H groups in total. The van der Waals surface area contributed by atoms with Gasteiger partial charge in [0.15, 0.2) is 0 Å². The topological polar surface area (TPSA) is 0 Å². The molecular formula is C15H12. The van der Waals surface area contributed by atoms with Gasteiger partial charge in [-0.2, -0.15) is 0 Å². The van der Waals surface area contributed by atoms with E-state index in [0.29, 0.717) is 0 Å². The molecule has 3 rings (SSSR count). The van der Waals surface area contributed by atoms with E-state index in [1.807, 2.05) is 0 Å². The molecule has 0 nitrogen and oxygen atoms in total. The largest absolute Gasteiger partial charge is 0.0620 e. The molecule has 0 unspecified atom stereocenters. The minimum Gasteiger partial charge on any atom is -0.0620 e. The highest BCUT2D eigenvalue weighted by atomic mass is 14.1. The third kappa shape index (κ3) is 1.59. The number of hydrogen-bond donors (Lipinski definition) is 0. The Morgan fingerprint density at radius 1 is 0.667 bits per heavy atom. The lowest BCUT2D eigenvalue weighted by atomic mass is 9.96. The molecule has 0 heteroatoms. The summed E-state index contributed by atoms with van der Waals surface area (Å²) in [5.74, 6) is 0. The Morgan fingerprint density at radius 2 is 1.53 bits per heavy atom. The molecule has 72 valence electrons. The molecule has 3 aliphatic rings. The number of hydrogen-bond acceptors (Lipinski definition) is 0. The van der Waals surface area contributed by atoms with Gasteiger partial charge in [0.05, 0.1) is 0 Å². The molecule has 0 aromatic rings. The Balaban J connectivity index is 2.15. The van der Waals surface area contributed by atoms with Crippen LogP contribution in [0.4, 0.5) is 0 Å². The molecule has 0 spiro atoms. The van der Waals surface area contributed by atoms with Gasteiger partial charge in [-0.3, -0.25) is 0 Å². The first-order valence-corrected chi connectivity index (χ1v) is 5.27. The van der Waals surface area contributed by atoms with Crippen molar-refractivity contribution in [2.45, 2.75) is 6.42 Å². The van der Waals surface area contributed by atoms with Gasteiger partial charge in [0.1, 0.15) is 0 Å². The second-order valence-electron chi connectivity index (χ2n) is 3.96. The highest BCUT2D eigenvalue weighted by Crippen LogP contribution is 2.28. The van der Waals surface area contributed by atoms with Crippen LogP contribution in [0, 0.1) is 0 Å². The molecule has 0 amide bonds. The van der Waals surface area contributed by atoms with Gasteiger partial charge in [0.2, 0.25) is 0 Å². The summed E-state index contributed by atoms with van der Waals surface area (Å²) in [6.45, 7) is 0. The minimum absolute atomic E-state index is 1.04. The molecular weight excluding hydrogens is 180 g/mol. The number of allylic oxidation sites excluding steroid dienone is 14. The zero-order chi connectivity index (χ0) is 10.1. The van der Waals surface area contributed by atoms with Crippen LogP contribution < -0.4 is 0 Å². The SMILES string of the molecule is C1=CC=C2C=C3C=CC=C3C=CC(=C1)C2. The second kappa shape index (κ2) is 3.39. The Kier molecular flexibility index (Phi) is 1.92. The molecule has 0 radical (unpaired) electrons. The van der Waals surface area contributed by atoms with Crippen molar-refractivity contribution in [3.8, 4) is 0 Å². The van der Waals surface area contributed by atoms with Gasteiger partial charge in [0.25, 0.3) is 0 Å². The molecule has 0 aromatic heterocycles. The van der Waals surface area contributed by atoms with E-state index in [-0.39, 0.29) is 0 Å². The highest BCUT2D eigenvalue weighted by Gasteiger charge is 2.09. The third-order valence-electron chi connectivity index (χ3n) is 2.84. The summed E-state index contributed by atoms with van der Waals surface area (Å²) in [6, 6.07) is 0. The van der Waals surface area contributed by atoms with E-state index < -0.39 is 0 Å².